The van der Waals surface area contributed by atoms with Gasteiger partial charge in [0.25, 0.3) is 0 Å². The smallest absolute Gasteiger partial charge is 0.327 e. The largest absolute Gasteiger partial charge is 0.465 e. The van der Waals surface area contributed by atoms with Crippen molar-refractivity contribution in [3.63, 3.8) is 0 Å². The average Bonchev–Trinajstić information content (AvgIpc) is 1.87. The fraction of sp³-hybridized carbons (Fsp3) is 0.750. The lowest BCUT2D eigenvalue weighted by atomic mass is 10.2. The summed E-state index contributed by atoms with van der Waals surface area (Å²) in [6, 6.07) is 0. The van der Waals surface area contributed by atoms with Gasteiger partial charge in [0.15, 0.2) is 0 Å². The van der Waals surface area contributed by atoms with Gasteiger partial charge in [0.1, 0.15) is 6.54 Å². The average molecular weight is 157 g/mol. The molecule has 11 heavy (non-hydrogen) atoms. The van der Waals surface area contributed by atoms with Crippen molar-refractivity contribution >= 4 is 12.2 Å². The molecule has 0 bridgehead atoms. The molecule has 0 rings (SSSR count). The summed E-state index contributed by atoms with van der Waals surface area (Å²) in [5.41, 5.74) is 0. The quantitative estimate of drug-likeness (QED) is 0.455. The van der Waals surface area contributed by atoms with Crippen LogP contribution in [-0.4, -0.2) is 25.3 Å². The molecule has 0 aromatic carbocycles. The second-order valence-corrected chi connectivity index (χ2v) is 2.54. The molecule has 0 radical (unpaired) electrons. The molecule has 0 atom stereocenters. The minimum atomic E-state index is -0.260. The standard InChI is InChI=1S/C8H15NO2/c1-4-11-8(10)6-9-5-7(2)3/h5,7H,4,6H2,1-3H3. The number of carbonyl (C=O) groups excluding carboxylic acids is 1. The van der Waals surface area contributed by atoms with Gasteiger partial charge in [0, 0.05) is 6.21 Å². The van der Waals surface area contributed by atoms with Crippen molar-refractivity contribution < 1.29 is 9.53 Å². The second kappa shape index (κ2) is 5.89. The van der Waals surface area contributed by atoms with Crippen molar-refractivity contribution in [3.8, 4) is 0 Å². The first-order chi connectivity index (χ1) is 5.16. The zero-order valence-electron chi connectivity index (χ0n) is 7.33. The molecule has 0 amide bonds. The number of hydrogen-bond donors (Lipinski definition) is 0. The van der Waals surface area contributed by atoms with Gasteiger partial charge in [-0.3, -0.25) is 9.79 Å². The Kier molecular flexibility index (Phi) is 5.43. The summed E-state index contributed by atoms with van der Waals surface area (Å²) in [6.45, 7) is 6.37. The molecule has 3 heteroatoms. The van der Waals surface area contributed by atoms with Gasteiger partial charge in [-0.05, 0) is 12.8 Å². The Hall–Kier alpha value is -0.860. The Balaban J connectivity index is 3.45. The number of hydrogen-bond acceptors (Lipinski definition) is 3. The van der Waals surface area contributed by atoms with Crippen molar-refractivity contribution in [2.24, 2.45) is 10.9 Å². The summed E-state index contributed by atoms with van der Waals surface area (Å²) in [6.07, 6.45) is 1.75. The normalized spacial score (nSPS) is 10.9. The Morgan fingerprint density at radius 3 is 2.73 bits per heavy atom. The lowest BCUT2D eigenvalue weighted by Gasteiger charge is -1.97. The van der Waals surface area contributed by atoms with Gasteiger partial charge in [-0.2, -0.15) is 0 Å². The predicted molar refractivity (Wildman–Crippen MR) is 44.8 cm³/mol. The summed E-state index contributed by atoms with van der Waals surface area (Å²) >= 11 is 0. The summed E-state index contributed by atoms with van der Waals surface area (Å²) in [4.78, 5) is 14.6. The summed E-state index contributed by atoms with van der Waals surface area (Å²) in [7, 11) is 0. The van der Waals surface area contributed by atoms with Gasteiger partial charge in [0.05, 0.1) is 6.61 Å². The lowest BCUT2D eigenvalue weighted by Crippen LogP contribution is -2.08. The van der Waals surface area contributed by atoms with Gasteiger partial charge in [0.2, 0.25) is 0 Å². The van der Waals surface area contributed by atoms with Crippen LogP contribution in [0.5, 0.6) is 0 Å². The Labute approximate surface area is 67.5 Å². The van der Waals surface area contributed by atoms with Crippen LogP contribution in [0.1, 0.15) is 20.8 Å². The van der Waals surface area contributed by atoms with Crippen molar-refractivity contribution in [3.05, 3.63) is 0 Å². The van der Waals surface area contributed by atoms with Crippen LogP contribution < -0.4 is 0 Å². The van der Waals surface area contributed by atoms with Crippen LogP contribution >= 0.6 is 0 Å². The minimum Gasteiger partial charge on any atom is -0.465 e. The third kappa shape index (κ3) is 7.03. The molecular formula is C8H15NO2. The van der Waals surface area contributed by atoms with Crippen molar-refractivity contribution in [1.29, 1.82) is 0 Å². The zero-order valence-corrected chi connectivity index (χ0v) is 7.33. The summed E-state index contributed by atoms with van der Waals surface area (Å²) < 4.78 is 4.67. The number of esters is 1. The molecule has 0 aliphatic carbocycles. The molecule has 0 unspecified atom stereocenters. The van der Waals surface area contributed by atoms with Crippen LogP contribution in [0, 0.1) is 5.92 Å². The van der Waals surface area contributed by atoms with Crippen LogP contribution in [0.15, 0.2) is 4.99 Å². The first kappa shape index (κ1) is 10.1. The van der Waals surface area contributed by atoms with Crippen molar-refractivity contribution in [2.75, 3.05) is 13.2 Å². The molecule has 0 saturated carbocycles. The van der Waals surface area contributed by atoms with Crippen molar-refractivity contribution in [2.45, 2.75) is 20.8 Å². The fourth-order valence-electron chi connectivity index (χ4n) is 0.545. The molecule has 0 aliphatic heterocycles. The number of carbonyl (C=O) groups is 1. The van der Waals surface area contributed by atoms with Crippen LogP contribution in [0.2, 0.25) is 0 Å². The fourth-order valence-corrected chi connectivity index (χ4v) is 0.545. The van der Waals surface area contributed by atoms with Crippen LogP contribution in [0.3, 0.4) is 0 Å². The van der Waals surface area contributed by atoms with Crippen LogP contribution in [0.25, 0.3) is 0 Å². The Morgan fingerprint density at radius 1 is 1.64 bits per heavy atom. The highest BCUT2D eigenvalue weighted by molar-refractivity contribution is 5.74. The third-order valence-electron chi connectivity index (χ3n) is 0.929. The number of aliphatic imine (C=N–C) groups is 1. The molecule has 3 nitrogen and oxygen atoms in total. The molecule has 0 saturated heterocycles. The van der Waals surface area contributed by atoms with E-state index in [1.165, 1.54) is 0 Å². The monoisotopic (exact) mass is 157 g/mol. The minimum absolute atomic E-state index is 0.145. The van der Waals surface area contributed by atoms with E-state index in [2.05, 4.69) is 9.73 Å². The van der Waals surface area contributed by atoms with E-state index in [4.69, 9.17) is 0 Å². The van der Waals surface area contributed by atoms with Gasteiger partial charge in [-0.1, -0.05) is 13.8 Å². The Bertz CT molecular complexity index is 141. The SMILES string of the molecule is CCOC(=O)CN=CC(C)C. The van der Waals surface area contributed by atoms with E-state index in [0.29, 0.717) is 12.5 Å². The molecule has 0 spiro atoms. The topological polar surface area (TPSA) is 38.7 Å². The Morgan fingerprint density at radius 2 is 2.27 bits per heavy atom. The lowest BCUT2D eigenvalue weighted by molar-refractivity contribution is -0.141. The number of rotatable bonds is 4. The number of nitrogens with zero attached hydrogens (tertiary/aromatic N) is 1. The predicted octanol–water partition coefficient (Wildman–Crippen LogP) is 1.28. The van der Waals surface area contributed by atoms with Gasteiger partial charge in [-0.25, -0.2) is 0 Å². The van der Waals surface area contributed by atoms with E-state index in [9.17, 15) is 4.79 Å². The van der Waals surface area contributed by atoms with E-state index in [1.54, 1.807) is 13.1 Å². The molecule has 0 aromatic heterocycles. The molecule has 64 valence electrons. The first-order valence-corrected chi connectivity index (χ1v) is 3.82. The van der Waals surface area contributed by atoms with Gasteiger partial charge in [-0.15, -0.1) is 0 Å². The maximum absolute atomic E-state index is 10.7. The van der Waals surface area contributed by atoms with E-state index >= 15 is 0 Å². The van der Waals surface area contributed by atoms with Crippen LogP contribution in [-0.2, 0) is 9.53 Å². The van der Waals surface area contributed by atoms with Gasteiger partial charge >= 0.3 is 5.97 Å². The highest BCUT2D eigenvalue weighted by atomic mass is 16.5. The molecule has 0 heterocycles. The second-order valence-electron chi connectivity index (χ2n) is 2.54. The first-order valence-electron chi connectivity index (χ1n) is 3.82. The van der Waals surface area contributed by atoms with Crippen LogP contribution in [0.4, 0.5) is 0 Å². The highest BCUT2D eigenvalue weighted by Crippen LogP contribution is 1.86. The maximum atomic E-state index is 10.7. The molecular weight excluding hydrogens is 142 g/mol. The van der Waals surface area contributed by atoms with Gasteiger partial charge < -0.3 is 4.74 Å². The maximum Gasteiger partial charge on any atom is 0.327 e. The summed E-state index contributed by atoms with van der Waals surface area (Å²) in [5.74, 6) is 0.133. The van der Waals surface area contributed by atoms with Crippen molar-refractivity contribution in [1.82, 2.24) is 0 Å². The van der Waals surface area contributed by atoms with E-state index in [-0.39, 0.29) is 12.5 Å². The summed E-state index contributed by atoms with van der Waals surface area (Å²) in [5, 5.41) is 0. The van der Waals surface area contributed by atoms with E-state index < -0.39 is 0 Å². The van der Waals surface area contributed by atoms with E-state index in [0.717, 1.165) is 0 Å². The highest BCUT2D eigenvalue weighted by Gasteiger charge is 1.96. The molecule has 0 aliphatic rings. The third-order valence-corrected chi connectivity index (χ3v) is 0.929. The zero-order chi connectivity index (χ0) is 8.69. The molecule has 0 aromatic rings. The number of ether oxygens (including phenoxy) is 1. The molecule has 0 fully saturated rings. The van der Waals surface area contributed by atoms with E-state index in [1.807, 2.05) is 13.8 Å². The molecule has 0 N–H and O–H groups in total.